The molecule has 3 aromatic rings. The molecule has 0 aliphatic carbocycles. The fraction of sp³-hybridized carbons (Fsp3) is 0.292. The van der Waals surface area contributed by atoms with Crippen LogP contribution in [0.2, 0.25) is 0 Å². The molecule has 1 unspecified atom stereocenters. The first-order valence-corrected chi connectivity index (χ1v) is 9.78. The minimum absolute atomic E-state index is 0.00398. The predicted molar refractivity (Wildman–Crippen MR) is 113 cm³/mol. The lowest BCUT2D eigenvalue weighted by molar-refractivity contribution is -0.121. The van der Waals surface area contributed by atoms with Crippen molar-refractivity contribution in [2.45, 2.75) is 33.2 Å². The van der Waals surface area contributed by atoms with Crippen molar-refractivity contribution >= 4 is 16.7 Å². The number of fused-ring (bicyclic) bond motifs is 1. The van der Waals surface area contributed by atoms with Crippen LogP contribution in [0.4, 0.5) is 0 Å². The Hall–Kier alpha value is -3.01. The molecule has 146 valence electrons. The molecule has 3 aromatic carbocycles. The molecule has 0 aliphatic rings. The maximum Gasteiger partial charge on any atom is 0.224 e. The summed E-state index contributed by atoms with van der Waals surface area (Å²) in [6, 6.07) is 19.9. The lowest BCUT2D eigenvalue weighted by Gasteiger charge is -2.18. The molecule has 0 saturated heterocycles. The van der Waals surface area contributed by atoms with E-state index in [0.29, 0.717) is 25.4 Å². The van der Waals surface area contributed by atoms with Crippen LogP contribution in [-0.4, -0.2) is 19.1 Å². The summed E-state index contributed by atoms with van der Waals surface area (Å²) in [6.45, 7) is 7.01. The zero-order valence-electron chi connectivity index (χ0n) is 16.7. The average Bonchev–Trinajstić information content (AvgIpc) is 2.70. The van der Waals surface area contributed by atoms with Crippen LogP contribution >= 0.6 is 0 Å². The molecule has 0 spiro atoms. The van der Waals surface area contributed by atoms with E-state index >= 15 is 0 Å². The van der Waals surface area contributed by atoms with Crippen LogP contribution in [0.5, 0.6) is 11.5 Å². The molecule has 4 heteroatoms. The van der Waals surface area contributed by atoms with E-state index in [1.54, 1.807) is 0 Å². The number of ether oxygens (including phenoxy) is 2. The van der Waals surface area contributed by atoms with Gasteiger partial charge >= 0.3 is 0 Å². The van der Waals surface area contributed by atoms with E-state index in [-0.39, 0.29) is 11.9 Å². The van der Waals surface area contributed by atoms with Crippen molar-refractivity contribution in [2.75, 3.05) is 13.2 Å². The van der Waals surface area contributed by atoms with Crippen molar-refractivity contribution < 1.29 is 14.3 Å². The van der Waals surface area contributed by atoms with Gasteiger partial charge in [0, 0.05) is 0 Å². The van der Waals surface area contributed by atoms with E-state index in [4.69, 9.17) is 9.47 Å². The number of hydrogen-bond acceptors (Lipinski definition) is 3. The lowest BCUT2D eigenvalue weighted by Crippen LogP contribution is -2.28. The van der Waals surface area contributed by atoms with Gasteiger partial charge in [0.15, 0.2) is 11.5 Å². The Morgan fingerprint density at radius 1 is 0.929 bits per heavy atom. The Kier molecular flexibility index (Phi) is 6.53. The van der Waals surface area contributed by atoms with Crippen LogP contribution in [-0.2, 0) is 11.2 Å². The smallest absolute Gasteiger partial charge is 0.224 e. The third-order valence-corrected chi connectivity index (χ3v) is 4.68. The number of hydrogen-bond donors (Lipinski definition) is 1. The summed E-state index contributed by atoms with van der Waals surface area (Å²) in [7, 11) is 0. The number of carbonyl (C=O) groups excluding carboxylic acids is 1. The molecule has 0 saturated carbocycles. The maximum absolute atomic E-state index is 12.7. The van der Waals surface area contributed by atoms with E-state index in [0.717, 1.165) is 27.6 Å². The van der Waals surface area contributed by atoms with Crippen molar-refractivity contribution in [3.8, 4) is 11.5 Å². The van der Waals surface area contributed by atoms with Gasteiger partial charge in [-0.1, -0.05) is 48.5 Å². The van der Waals surface area contributed by atoms with Gasteiger partial charge in [-0.05, 0) is 54.8 Å². The number of rotatable bonds is 8. The number of nitrogens with one attached hydrogen (secondary N) is 1. The van der Waals surface area contributed by atoms with Gasteiger partial charge in [-0.15, -0.1) is 0 Å². The van der Waals surface area contributed by atoms with Crippen LogP contribution < -0.4 is 14.8 Å². The van der Waals surface area contributed by atoms with E-state index in [1.165, 1.54) is 0 Å². The summed E-state index contributed by atoms with van der Waals surface area (Å²) in [5.41, 5.74) is 2.02. The molecular weight excluding hydrogens is 350 g/mol. The third kappa shape index (κ3) is 4.63. The summed E-state index contributed by atoms with van der Waals surface area (Å²) in [6.07, 6.45) is 0.348. The monoisotopic (exact) mass is 377 g/mol. The van der Waals surface area contributed by atoms with Crippen LogP contribution in [0.3, 0.4) is 0 Å². The molecule has 1 amide bonds. The van der Waals surface area contributed by atoms with Gasteiger partial charge in [0.25, 0.3) is 0 Å². The molecule has 0 radical (unpaired) electrons. The van der Waals surface area contributed by atoms with Gasteiger partial charge in [-0.25, -0.2) is 0 Å². The molecule has 28 heavy (non-hydrogen) atoms. The zero-order chi connectivity index (χ0) is 19.9. The molecule has 1 N–H and O–H groups in total. The van der Waals surface area contributed by atoms with E-state index in [2.05, 4.69) is 23.5 Å². The quantitative estimate of drug-likeness (QED) is 0.597. The van der Waals surface area contributed by atoms with Gasteiger partial charge < -0.3 is 14.8 Å². The van der Waals surface area contributed by atoms with E-state index < -0.39 is 0 Å². The normalized spacial score (nSPS) is 11.8. The number of benzene rings is 3. The van der Waals surface area contributed by atoms with Crippen LogP contribution in [0.1, 0.15) is 37.9 Å². The van der Waals surface area contributed by atoms with Gasteiger partial charge in [0.1, 0.15) is 0 Å². The Morgan fingerprint density at radius 2 is 1.64 bits per heavy atom. The predicted octanol–water partition coefficient (Wildman–Crippen LogP) is 5.06. The topological polar surface area (TPSA) is 47.6 Å². The van der Waals surface area contributed by atoms with Gasteiger partial charge in [0.05, 0.1) is 25.7 Å². The summed E-state index contributed by atoms with van der Waals surface area (Å²) < 4.78 is 11.3. The summed E-state index contributed by atoms with van der Waals surface area (Å²) in [4.78, 5) is 12.7. The fourth-order valence-corrected chi connectivity index (χ4v) is 3.33. The molecule has 1 atom stereocenters. The highest BCUT2D eigenvalue weighted by molar-refractivity contribution is 5.90. The first-order chi connectivity index (χ1) is 13.6. The van der Waals surface area contributed by atoms with Gasteiger partial charge in [-0.2, -0.15) is 0 Å². The lowest BCUT2D eigenvalue weighted by atomic mass is 10.0. The molecule has 0 heterocycles. The van der Waals surface area contributed by atoms with Crippen LogP contribution in [0, 0.1) is 0 Å². The van der Waals surface area contributed by atoms with Crippen molar-refractivity contribution in [3.05, 3.63) is 71.8 Å². The Labute approximate surface area is 166 Å². The average molecular weight is 377 g/mol. The highest BCUT2D eigenvalue weighted by atomic mass is 16.5. The Morgan fingerprint density at radius 3 is 2.43 bits per heavy atom. The highest BCUT2D eigenvalue weighted by Crippen LogP contribution is 2.30. The Balaban J connectivity index is 1.72. The summed E-state index contributed by atoms with van der Waals surface area (Å²) in [5, 5.41) is 5.36. The SMILES string of the molecule is CCOc1ccc(C(C)NC(=O)Cc2cccc3ccccc23)cc1OCC. The largest absolute Gasteiger partial charge is 0.490 e. The standard InChI is InChI=1S/C24H27NO3/c1-4-27-22-14-13-19(15-23(22)28-5-2)17(3)25-24(26)16-20-11-8-10-18-9-6-7-12-21(18)20/h6-15,17H,4-5,16H2,1-3H3,(H,25,26). The van der Waals surface area contributed by atoms with Crippen molar-refractivity contribution in [3.63, 3.8) is 0 Å². The molecule has 0 fully saturated rings. The van der Waals surface area contributed by atoms with Crippen molar-refractivity contribution in [1.82, 2.24) is 5.32 Å². The second-order valence-electron chi connectivity index (χ2n) is 6.68. The molecular formula is C24H27NO3. The summed E-state index contributed by atoms with van der Waals surface area (Å²) >= 11 is 0. The fourth-order valence-electron chi connectivity index (χ4n) is 3.33. The van der Waals surface area contributed by atoms with Crippen LogP contribution in [0.15, 0.2) is 60.7 Å². The van der Waals surface area contributed by atoms with E-state index in [9.17, 15) is 4.79 Å². The Bertz CT molecular complexity index is 946. The minimum atomic E-state index is -0.127. The summed E-state index contributed by atoms with van der Waals surface area (Å²) in [5.74, 6) is 1.43. The zero-order valence-corrected chi connectivity index (χ0v) is 16.7. The highest BCUT2D eigenvalue weighted by Gasteiger charge is 2.14. The molecule has 0 aliphatic heterocycles. The van der Waals surface area contributed by atoms with Gasteiger partial charge in [0.2, 0.25) is 5.91 Å². The van der Waals surface area contributed by atoms with Crippen molar-refractivity contribution in [1.29, 1.82) is 0 Å². The molecule has 0 aromatic heterocycles. The number of amides is 1. The second kappa shape index (κ2) is 9.27. The first kappa shape index (κ1) is 19.7. The second-order valence-corrected chi connectivity index (χ2v) is 6.68. The van der Waals surface area contributed by atoms with E-state index in [1.807, 2.05) is 63.2 Å². The van der Waals surface area contributed by atoms with Crippen molar-refractivity contribution in [2.24, 2.45) is 0 Å². The van der Waals surface area contributed by atoms with Crippen LogP contribution in [0.25, 0.3) is 10.8 Å². The molecule has 3 rings (SSSR count). The minimum Gasteiger partial charge on any atom is -0.490 e. The number of carbonyl (C=O) groups is 1. The third-order valence-electron chi connectivity index (χ3n) is 4.68. The first-order valence-electron chi connectivity index (χ1n) is 9.78. The van der Waals surface area contributed by atoms with Gasteiger partial charge in [-0.3, -0.25) is 4.79 Å². The maximum atomic E-state index is 12.7. The molecule has 0 bridgehead atoms. The molecule has 4 nitrogen and oxygen atoms in total.